The van der Waals surface area contributed by atoms with Crippen molar-refractivity contribution in [1.82, 2.24) is 10.6 Å². The van der Waals surface area contributed by atoms with Crippen molar-refractivity contribution in [2.45, 2.75) is 38.1 Å². The van der Waals surface area contributed by atoms with Crippen molar-refractivity contribution in [2.24, 2.45) is 5.92 Å². The number of carbonyl (C=O) groups is 1. The van der Waals surface area contributed by atoms with E-state index in [1.165, 1.54) is 0 Å². The van der Waals surface area contributed by atoms with Gasteiger partial charge in [0.25, 0.3) is 5.91 Å². The monoisotopic (exact) mass is 198 g/mol. The summed E-state index contributed by atoms with van der Waals surface area (Å²) in [5.74, 6) is 0.537. The lowest BCUT2D eigenvalue weighted by atomic mass is 9.85. The fourth-order valence-corrected chi connectivity index (χ4v) is 2.87. The molecule has 2 aliphatic rings. The van der Waals surface area contributed by atoms with E-state index in [4.69, 9.17) is 12.2 Å². The second kappa shape index (κ2) is 2.94. The van der Waals surface area contributed by atoms with Gasteiger partial charge in [0.05, 0.1) is 0 Å². The molecule has 2 fully saturated rings. The van der Waals surface area contributed by atoms with Gasteiger partial charge in [-0.3, -0.25) is 4.79 Å². The third kappa shape index (κ3) is 1.15. The second-order valence-electron chi connectivity index (χ2n) is 3.88. The van der Waals surface area contributed by atoms with Crippen molar-refractivity contribution in [3.8, 4) is 0 Å². The second-order valence-corrected chi connectivity index (χ2v) is 4.29. The summed E-state index contributed by atoms with van der Waals surface area (Å²) in [6.07, 6.45) is 4.24. The topological polar surface area (TPSA) is 41.1 Å². The lowest BCUT2D eigenvalue weighted by Crippen LogP contribution is -2.49. The van der Waals surface area contributed by atoms with Crippen LogP contribution in [0, 0.1) is 5.92 Å². The number of nitrogens with one attached hydrogen (secondary N) is 2. The first-order valence-electron chi connectivity index (χ1n) is 4.82. The Morgan fingerprint density at radius 2 is 2.46 bits per heavy atom. The molecule has 2 unspecified atom stereocenters. The van der Waals surface area contributed by atoms with Gasteiger partial charge in [-0.1, -0.05) is 19.8 Å². The van der Waals surface area contributed by atoms with Crippen LogP contribution in [-0.4, -0.2) is 16.6 Å². The molecule has 1 heterocycles. The number of hydrogen-bond donors (Lipinski definition) is 2. The zero-order chi connectivity index (χ0) is 9.47. The van der Waals surface area contributed by atoms with Gasteiger partial charge in [0.15, 0.2) is 5.11 Å². The number of amides is 1. The SMILES string of the molecule is CCC1CCCC12NC(=S)NC2=O. The van der Waals surface area contributed by atoms with Gasteiger partial charge in [-0.25, -0.2) is 0 Å². The van der Waals surface area contributed by atoms with Crippen molar-refractivity contribution in [1.29, 1.82) is 0 Å². The maximum atomic E-state index is 11.7. The molecule has 0 bridgehead atoms. The molecule has 3 nitrogen and oxygen atoms in total. The Bertz CT molecular complexity index is 266. The van der Waals surface area contributed by atoms with Crippen molar-refractivity contribution in [3.05, 3.63) is 0 Å². The number of carbonyl (C=O) groups excluding carboxylic acids is 1. The predicted molar refractivity (Wildman–Crippen MR) is 54.2 cm³/mol. The maximum absolute atomic E-state index is 11.7. The van der Waals surface area contributed by atoms with Gasteiger partial charge >= 0.3 is 0 Å². The lowest BCUT2D eigenvalue weighted by Gasteiger charge is -2.27. The largest absolute Gasteiger partial charge is 0.348 e. The molecule has 2 N–H and O–H groups in total. The van der Waals surface area contributed by atoms with Crippen LogP contribution in [0.4, 0.5) is 0 Å². The summed E-state index contributed by atoms with van der Waals surface area (Å²) < 4.78 is 0. The highest BCUT2D eigenvalue weighted by atomic mass is 32.1. The first-order chi connectivity index (χ1) is 6.19. The van der Waals surface area contributed by atoms with Crippen molar-refractivity contribution in [2.75, 3.05) is 0 Å². The first-order valence-corrected chi connectivity index (χ1v) is 5.23. The van der Waals surface area contributed by atoms with Gasteiger partial charge < -0.3 is 10.6 Å². The van der Waals surface area contributed by atoms with Gasteiger partial charge in [-0.15, -0.1) is 0 Å². The molecule has 1 aliphatic carbocycles. The predicted octanol–water partition coefficient (Wildman–Crippen LogP) is 0.940. The van der Waals surface area contributed by atoms with E-state index in [1.54, 1.807) is 0 Å². The summed E-state index contributed by atoms with van der Waals surface area (Å²) in [4.78, 5) is 11.7. The molecule has 2 rings (SSSR count). The van der Waals surface area contributed by atoms with Gasteiger partial charge in [0, 0.05) is 0 Å². The smallest absolute Gasteiger partial charge is 0.252 e. The summed E-state index contributed by atoms with van der Waals surface area (Å²) in [6.45, 7) is 2.13. The molecule has 1 saturated carbocycles. The molecule has 13 heavy (non-hydrogen) atoms. The standard InChI is InChI=1S/C9H14N2OS/c1-2-6-4-3-5-9(6)7(12)10-8(13)11-9/h6H,2-5H2,1H3,(H2,10,11,12,13). The van der Waals surface area contributed by atoms with E-state index in [9.17, 15) is 4.79 Å². The Morgan fingerprint density at radius 1 is 1.69 bits per heavy atom. The van der Waals surface area contributed by atoms with Crippen molar-refractivity contribution < 1.29 is 4.79 Å². The first kappa shape index (κ1) is 8.94. The molecule has 72 valence electrons. The molecule has 0 aromatic rings. The van der Waals surface area contributed by atoms with E-state index in [-0.39, 0.29) is 11.4 Å². The highest BCUT2D eigenvalue weighted by Crippen LogP contribution is 2.39. The van der Waals surface area contributed by atoms with Crippen molar-refractivity contribution >= 4 is 23.2 Å². The highest BCUT2D eigenvalue weighted by Gasteiger charge is 2.52. The summed E-state index contributed by atoms with van der Waals surface area (Å²) in [5.41, 5.74) is -0.355. The third-order valence-electron chi connectivity index (χ3n) is 3.28. The summed E-state index contributed by atoms with van der Waals surface area (Å²) in [7, 11) is 0. The summed E-state index contributed by atoms with van der Waals surface area (Å²) in [5, 5.41) is 6.35. The average molecular weight is 198 g/mol. The molecule has 4 heteroatoms. The average Bonchev–Trinajstić information content (AvgIpc) is 2.59. The highest BCUT2D eigenvalue weighted by molar-refractivity contribution is 7.80. The maximum Gasteiger partial charge on any atom is 0.252 e. The fraction of sp³-hybridized carbons (Fsp3) is 0.778. The molecule has 0 radical (unpaired) electrons. The van der Waals surface area contributed by atoms with Gasteiger partial charge in [-0.2, -0.15) is 0 Å². The van der Waals surface area contributed by atoms with Crippen LogP contribution in [0.2, 0.25) is 0 Å². The van der Waals surface area contributed by atoms with Crippen LogP contribution in [-0.2, 0) is 4.79 Å². The molecule has 1 spiro atoms. The summed E-state index contributed by atoms with van der Waals surface area (Å²) >= 11 is 4.96. The number of hydrogen-bond acceptors (Lipinski definition) is 2. The zero-order valence-corrected chi connectivity index (χ0v) is 8.54. The fourth-order valence-electron chi connectivity index (χ4n) is 2.60. The van der Waals surface area contributed by atoms with Gasteiger partial charge in [-0.05, 0) is 31.0 Å². The normalized spacial score (nSPS) is 38.1. The lowest BCUT2D eigenvalue weighted by molar-refractivity contribution is -0.125. The third-order valence-corrected chi connectivity index (χ3v) is 3.49. The molecular formula is C9H14N2OS. The van der Waals surface area contributed by atoms with E-state index in [2.05, 4.69) is 17.6 Å². The Morgan fingerprint density at radius 3 is 3.00 bits per heavy atom. The zero-order valence-electron chi connectivity index (χ0n) is 7.72. The molecule has 1 amide bonds. The Kier molecular flexibility index (Phi) is 2.02. The number of thiocarbonyl (C=S) groups is 1. The van der Waals surface area contributed by atoms with Crippen LogP contribution < -0.4 is 10.6 Å². The minimum Gasteiger partial charge on any atom is -0.348 e. The minimum absolute atomic E-state index is 0.0850. The molecule has 0 aromatic heterocycles. The van der Waals surface area contributed by atoms with E-state index in [0.717, 1.165) is 25.7 Å². The van der Waals surface area contributed by atoms with Crippen molar-refractivity contribution in [3.63, 3.8) is 0 Å². The van der Waals surface area contributed by atoms with Gasteiger partial charge in [0.2, 0.25) is 0 Å². The van der Waals surface area contributed by atoms with Crippen LogP contribution in [0.15, 0.2) is 0 Å². The Hall–Kier alpha value is -0.640. The van der Waals surface area contributed by atoms with Crippen LogP contribution >= 0.6 is 12.2 Å². The molecule has 0 aromatic carbocycles. The minimum atomic E-state index is -0.355. The van der Waals surface area contributed by atoms with Crippen LogP contribution in [0.25, 0.3) is 0 Å². The van der Waals surface area contributed by atoms with E-state index in [0.29, 0.717) is 11.0 Å². The summed E-state index contributed by atoms with van der Waals surface area (Å²) in [6, 6.07) is 0. The van der Waals surface area contributed by atoms with E-state index < -0.39 is 0 Å². The van der Waals surface area contributed by atoms with E-state index >= 15 is 0 Å². The van der Waals surface area contributed by atoms with Gasteiger partial charge in [0.1, 0.15) is 5.54 Å². The molecule has 1 saturated heterocycles. The van der Waals surface area contributed by atoms with Crippen LogP contribution in [0.5, 0.6) is 0 Å². The van der Waals surface area contributed by atoms with E-state index in [1.807, 2.05) is 0 Å². The van der Waals surface area contributed by atoms with Crippen LogP contribution in [0.3, 0.4) is 0 Å². The quantitative estimate of drug-likeness (QED) is 0.616. The molecule has 2 atom stereocenters. The Balaban J connectivity index is 2.28. The molecule has 1 aliphatic heterocycles. The van der Waals surface area contributed by atoms with Crippen LogP contribution in [0.1, 0.15) is 32.6 Å². The number of rotatable bonds is 1. The Labute approximate surface area is 83.3 Å². The molecular weight excluding hydrogens is 184 g/mol.